The second-order valence-corrected chi connectivity index (χ2v) is 8.20. The first-order valence-electron chi connectivity index (χ1n) is 10.0. The Morgan fingerprint density at radius 3 is 2.43 bits per heavy atom. The number of benzene rings is 2. The molecule has 1 aliphatic heterocycles. The minimum atomic E-state index is -0.371. The molecule has 0 spiro atoms. The zero-order valence-electron chi connectivity index (χ0n) is 15.8. The lowest BCUT2D eigenvalue weighted by Crippen LogP contribution is -2.47. The van der Waals surface area contributed by atoms with Crippen LogP contribution in [0.5, 0.6) is 0 Å². The van der Waals surface area contributed by atoms with Crippen LogP contribution in [0.1, 0.15) is 42.7 Å². The van der Waals surface area contributed by atoms with E-state index in [-0.39, 0.29) is 23.8 Å². The first-order valence-corrected chi connectivity index (χ1v) is 10.4. The summed E-state index contributed by atoms with van der Waals surface area (Å²) >= 11 is 6.02. The number of nitrogens with zero attached hydrogens (tertiary/aromatic N) is 1. The van der Waals surface area contributed by atoms with Crippen LogP contribution >= 0.6 is 11.6 Å². The lowest BCUT2D eigenvalue weighted by molar-refractivity contribution is -0.140. The summed E-state index contributed by atoms with van der Waals surface area (Å²) in [5.41, 5.74) is 2.07. The summed E-state index contributed by atoms with van der Waals surface area (Å²) in [4.78, 5) is 28.0. The van der Waals surface area contributed by atoms with Gasteiger partial charge in [-0.2, -0.15) is 0 Å². The maximum Gasteiger partial charge on any atom is 0.243 e. The molecule has 1 heterocycles. The SMILES string of the molecule is O=C(NCc1ccccc1)[C@@H]1CCCN1C(=O)C(c1ccc(Cl)cc1)C1CC1. The highest BCUT2D eigenvalue weighted by molar-refractivity contribution is 6.30. The Balaban J connectivity index is 1.46. The number of likely N-dealkylation sites (tertiary alicyclic amines) is 1. The number of hydrogen-bond acceptors (Lipinski definition) is 2. The van der Waals surface area contributed by atoms with E-state index in [0.717, 1.165) is 36.8 Å². The molecule has 2 aromatic carbocycles. The zero-order valence-corrected chi connectivity index (χ0v) is 16.6. The van der Waals surface area contributed by atoms with Gasteiger partial charge in [-0.1, -0.05) is 54.1 Å². The average Bonchev–Trinajstić information content (AvgIpc) is 3.42. The third kappa shape index (κ3) is 4.22. The van der Waals surface area contributed by atoms with Crippen molar-refractivity contribution in [3.05, 3.63) is 70.7 Å². The Morgan fingerprint density at radius 2 is 1.75 bits per heavy atom. The summed E-state index contributed by atoms with van der Waals surface area (Å²) in [5.74, 6) is 0.240. The molecule has 0 bridgehead atoms. The van der Waals surface area contributed by atoms with Gasteiger partial charge in [0.2, 0.25) is 11.8 Å². The predicted molar refractivity (Wildman–Crippen MR) is 110 cm³/mol. The Kier molecular flexibility index (Phi) is 5.67. The number of rotatable bonds is 6. The van der Waals surface area contributed by atoms with Gasteiger partial charge in [0.25, 0.3) is 0 Å². The quantitative estimate of drug-likeness (QED) is 0.797. The van der Waals surface area contributed by atoms with E-state index in [4.69, 9.17) is 11.6 Å². The molecule has 1 unspecified atom stereocenters. The van der Waals surface area contributed by atoms with E-state index in [1.807, 2.05) is 54.6 Å². The highest BCUT2D eigenvalue weighted by Gasteiger charge is 2.43. The number of hydrogen-bond donors (Lipinski definition) is 1. The predicted octanol–water partition coefficient (Wildman–Crippen LogP) is 4.14. The lowest BCUT2D eigenvalue weighted by atomic mass is 9.92. The Bertz CT molecular complexity index is 833. The van der Waals surface area contributed by atoms with Crippen molar-refractivity contribution in [1.82, 2.24) is 10.2 Å². The second-order valence-electron chi connectivity index (χ2n) is 7.76. The van der Waals surface area contributed by atoms with Gasteiger partial charge < -0.3 is 10.2 Å². The van der Waals surface area contributed by atoms with Crippen LogP contribution in [0, 0.1) is 5.92 Å². The van der Waals surface area contributed by atoms with E-state index in [0.29, 0.717) is 24.0 Å². The van der Waals surface area contributed by atoms with E-state index in [1.165, 1.54) is 0 Å². The summed E-state index contributed by atoms with van der Waals surface area (Å²) in [5, 5.41) is 3.68. The van der Waals surface area contributed by atoms with Crippen LogP contribution in [-0.4, -0.2) is 29.3 Å². The Morgan fingerprint density at radius 1 is 1.04 bits per heavy atom. The van der Waals surface area contributed by atoms with Crippen LogP contribution in [0.3, 0.4) is 0 Å². The van der Waals surface area contributed by atoms with Crippen LogP contribution in [0.15, 0.2) is 54.6 Å². The van der Waals surface area contributed by atoms with E-state index < -0.39 is 0 Å². The smallest absolute Gasteiger partial charge is 0.243 e. The molecule has 4 rings (SSSR count). The van der Waals surface area contributed by atoms with Gasteiger partial charge >= 0.3 is 0 Å². The van der Waals surface area contributed by atoms with Crippen LogP contribution in [-0.2, 0) is 16.1 Å². The molecule has 2 fully saturated rings. The summed E-state index contributed by atoms with van der Waals surface area (Å²) in [6, 6.07) is 17.1. The standard InChI is InChI=1S/C23H25ClN2O2/c24-19-12-10-18(11-13-19)21(17-8-9-17)23(28)26-14-4-7-20(26)22(27)25-15-16-5-2-1-3-6-16/h1-3,5-6,10-13,17,20-21H,4,7-9,14-15H2,(H,25,27)/t20-,21?/m0/s1. The Labute approximate surface area is 170 Å². The van der Waals surface area contributed by atoms with Crippen molar-refractivity contribution in [3.63, 3.8) is 0 Å². The Hall–Kier alpha value is -2.33. The molecular weight excluding hydrogens is 372 g/mol. The fourth-order valence-corrected chi connectivity index (χ4v) is 4.23. The highest BCUT2D eigenvalue weighted by Crippen LogP contribution is 2.44. The lowest BCUT2D eigenvalue weighted by Gasteiger charge is -2.28. The number of nitrogens with one attached hydrogen (secondary N) is 1. The number of halogens is 1. The fourth-order valence-electron chi connectivity index (χ4n) is 4.10. The molecule has 2 aliphatic rings. The van der Waals surface area contributed by atoms with E-state index in [2.05, 4.69) is 5.32 Å². The molecule has 2 aromatic rings. The number of carbonyl (C=O) groups is 2. The summed E-state index contributed by atoms with van der Waals surface area (Å²) in [7, 11) is 0. The van der Waals surface area contributed by atoms with E-state index in [9.17, 15) is 9.59 Å². The minimum absolute atomic E-state index is 0.0552. The van der Waals surface area contributed by atoms with Gasteiger partial charge in [-0.25, -0.2) is 0 Å². The molecule has 2 atom stereocenters. The molecule has 4 nitrogen and oxygen atoms in total. The van der Waals surface area contributed by atoms with Crippen LogP contribution < -0.4 is 5.32 Å². The van der Waals surface area contributed by atoms with Gasteiger partial charge in [-0.05, 0) is 54.9 Å². The summed E-state index contributed by atoms with van der Waals surface area (Å²) in [6.45, 7) is 1.14. The van der Waals surface area contributed by atoms with E-state index in [1.54, 1.807) is 4.90 Å². The van der Waals surface area contributed by atoms with Crippen LogP contribution in [0.2, 0.25) is 5.02 Å². The van der Waals surface area contributed by atoms with E-state index >= 15 is 0 Å². The van der Waals surface area contributed by atoms with Gasteiger partial charge in [0.1, 0.15) is 6.04 Å². The minimum Gasteiger partial charge on any atom is -0.350 e. The third-order valence-corrected chi connectivity index (χ3v) is 5.99. The monoisotopic (exact) mass is 396 g/mol. The van der Waals surface area contributed by atoms with Crippen molar-refractivity contribution in [2.24, 2.45) is 5.92 Å². The van der Waals surface area contributed by atoms with Gasteiger partial charge in [0.15, 0.2) is 0 Å². The molecular formula is C23H25ClN2O2. The third-order valence-electron chi connectivity index (χ3n) is 5.74. The molecule has 2 amide bonds. The van der Waals surface area contributed by atoms with Crippen LogP contribution in [0.4, 0.5) is 0 Å². The molecule has 5 heteroatoms. The van der Waals surface area contributed by atoms with Crippen molar-refractivity contribution >= 4 is 23.4 Å². The first kappa shape index (κ1) is 19.0. The molecule has 1 N–H and O–H groups in total. The molecule has 0 radical (unpaired) electrons. The largest absolute Gasteiger partial charge is 0.350 e. The van der Waals surface area contributed by atoms with Gasteiger partial charge in [-0.3, -0.25) is 9.59 Å². The number of amides is 2. The summed E-state index contributed by atoms with van der Waals surface area (Å²) < 4.78 is 0. The van der Waals surface area contributed by atoms with Crippen molar-refractivity contribution in [2.75, 3.05) is 6.54 Å². The highest BCUT2D eigenvalue weighted by atomic mass is 35.5. The number of carbonyl (C=O) groups excluding carboxylic acids is 2. The molecule has 146 valence electrons. The maximum atomic E-state index is 13.4. The van der Waals surface area contributed by atoms with Crippen molar-refractivity contribution in [1.29, 1.82) is 0 Å². The normalized spacial score (nSPS) is 20.0. The average molecular weight is 397 g/mol. The zero-order chi connectivity index (χ0) is 19.5. The fraction of sp³-hybridized carbons (Fsp3) is 0.391. The molecule has 1 saturated carbocycles. The summed E-state index contributed by atoms with van der Waals surface area (Å²) in [6.07, 6.45) is 3.73. The maximum absolute atomic E-state index is 13.4. The second kappa shape index (κ2) is 8.36. The molecule has 1 aliphatic carbocycles. The van der Waals surface area contributed by atoms with Crippen molar-refractivity contribution in [2.45, 2.75) is 44.2 Å². The van der Waals surface area contributed by atoms with Gasteiger partial charge in [0, 0.05) is 18.1 Å². The topological polar surface area (TPSA) is 49.4 Å². The van der Waals surface area contributed by atoms with Gasteiger partial charge in [-0.15, -0.1) is 0 Å². The molecule has 28 heavy (non-hydrogen) atoms. The first-order chi connectivity index (χ1) is 13.6. The molecule has 0 aromatic heterocycles. The van der Waals surface area contributed by atoms with Gasteiger partial charge in [0.05, 0.1) is 5.92 Å². The van der Waals surface area contributed by atoms with Crippen molar-refractivity contribution < 1.29 is 9.59 Å². The molecule has 1 saturated heterocycles. The van der Waals surface area contributed by atoms with Crippen molar-refractivity contribution in [3.8, 4) is 0 Å². The van der Waals surface area contributed by atoms with Crippen LogP contribution in [0.25, 0.3) is 0 Å².